The van der Waals surface area contributed by atoms with Crippen molar-refractivity contribution in [2.75, 3.05) is 26.2 Å². The summed E-state index contributed by atoms with van der Waals surface area (Å²) in [7, 11) is 0. The van der Waals surface area contributed by atoms with Crippen molar-refractivity contribution in [2.24, 2.45) is 5.16 Å². The summed E-state index contributed by atoms with van der Waals surface area (Å²) in [5.41, 5.74) is 2.32. The van der Waals surface area contributed by atoms with Crippen LogP contribution in [0.2, 0.25) is 0 Å². The normalized spacial score (nSPS) is 15.4. The molecular formula is C14H19N3O3. The van der Waals surface area contributed by atoms with Crippen molar-refractivity contribution < 1.29 is 14.7 Å². The van der Waals surface area contributed by atoms with Gasteiger partial charge < -0.3 is 20.2 Å². The molecule has 2 rings (SSSR count). The average molecular weight is 277 g/mol. The van der Waals surface area contributed by atoms with E-state index in [1.54, 1.807) is 11.8 Å². The number of nitrogens with zero attached hydrogens (tertiary/aromatic N) is 2. The second-order valence-corrected chi connectivity index (χ2v) is 4.75. The minimum absolute atomic E-state index is 0.0498. The Morgan fingerprint density at radius 3 is 3.00 bits per heavy atom. The number of hydrogen-bond donors (Lipinski definition) is 2. The van der Waals surface area contributed by atoms with E-state index in [-0.39, 0.29) is 6.03 Å². The quantitative estimate of drug-likeness (QED) is 0.487. The highest BCUT2D eigenvalue weighted by Crippen LogP contribution is 2.21. The van der Waals surface area contributed by atoms with Crippen LogP contribution in [0.5, 0.6) is 5.75 Å². The van der Waals surface area contributed by atoms with Crippen LogP contribution in [-0.2, 0) is 0 Å². The van der Waals surface area contributed by atoms with Gasteiger partial charge in [0.15, 0.2) is 0 Å². The van der Waals surface area contributed by atoms with Gasteiger partial charge in [-0.2, -0.15) is 0 Å². The molecule has 0 aliphatic carbocycles. The fourth-order valence-corrected chi connectivity index (χ4v) is 2.09. The number of urea groups is 1. The molecule has 20 heavy (non-hydrogen) atoms. The van der Waals surface area contributed by atoms with Crippen molar-refractivity contribution in [3.63, 3.8) is 0 Å². The first-order chi connectivity index (χ1) is 9.61. The summed E-state index contributed by atoms with van der Waals surface area (Å²) < 4.78 is 5.74. The maximum absolute atomic E-state index is 11.4. The highest BCUT2D eigenvalue weighted by atomic mass is 16.5. The fourth-order valence-electron chi connectivity index (χ4n) is 2.09. The SMILES string of the molecule is CC(=NO)c1ccc(C)cc1OCCN1CCNC1=O. The van der Waals surface area contributed by atoms with Gasteiger partial charge in [-0.15, -0.1) is 0 Å². The Kier molecular flexibility index (Phi) is 4.45. The first kappa shape index (κ1) is 14.2. The number of benzene rings is 1. The number of carbonyl (C=O) groups is 1. The molecule has 0 saturated carbocycles. The van der Waals surface area contributed by atoms with Crippen molar-refractivity contribution >= 4 is 11.7 Å². The van der Waals surface area contributed by atoms with E-state index in [0.717, 1.165) is 11.1 Å². The van der Waals surface area contributed by atoms with Gasteiger partial charge in [0.2, 0.25) is 0 Å². The lowest BCUT2D eigenvalue weighted by molar-refractivity contribution is 0.202. The van der Waals surface area contributed by atoms with Gasteiger partial charge >= 0.3 is 6.03 Å². The van der Waals surface area contributed by atoms with E-state index in [9.17, 15) is 4.79 Å². The zero-order chi connectivity index (χ0) is 14.5. The van der Waals surface area contributed by atoms with Gasteiger partial charge in [0.05, 0.1) is 12.3 Å². The third-order valence-electron chi connectivity index (χ3n) is 3.24. The average Bonchev–Trinajstić information content (AvgIpc) is 2.84. The van der Waals surface area contributed by atoms with Gasteiger partial charge in [-0.25, -0.2) is 4.79 Å². The number of amides is 2. The molecule has 1 aromatic rings. The molecule has 2 N–H and O–H groups in total. The van der Waals surface area contributed by atoms with Gasteiger partial charge in [0, 0.05) is 18.7 Å². The molecule has 2 amide bonds. The van der Waals surface area contributed by atoms with E-state index in [0.29, 0.717) is 37.7 Å². The second kappa shape index (κ2) is 6.27. The van der Waals surface area contributed by atoms with Gasteiger partial charge in [-0.05, 0) is 31.5 Å². The number of aryl methyl sites for hydroxylation is 1. The molecule has 1 aromatic carbocycles. The Balaban J connectivity index is 2.01. The van der Waals surface area contributed by atoms with E-state index in [1.165, 1.54) is 0 Å². The lowest BCUT2D eigenvalue weighted by Gasteiger charge is -2.16. The maximum atomic E-state index is 11.4. The van der Waals surface area contributed by atoms with Crippen LogP contribution >= 0.6 is 0 Å². The molecule has 1 heterocycles. The predicted molar refractivity (Wildman–Crippen MR) is 75.6 cm³/mol. The second-order valence-electron chi connectivity index (χ2n) is 4.75. The Bertz CT molecular complexity index is 528. The topological polar surface area (TPSA) is 74.2 Å². The molecular weight excluding hydrogens is 258 g/mol. The molecule has 0 bridgehead atoms. The van der Waals surface area contributed by atoms with Crippen LogP contribution in [0, 0.1) is 6.92 Å². The molecule has 0 aromatic heterocycles. The lowest BCUT2D eigenvalue weighted by Crippen LogP contribution is -2.32. The monoisotopic (exact) mass is 277 g/mol. The summed E-state index contributed by atoms with van der Waals surface area (Å²) in [5.74, 6) is 0.667. The van der Waals surface area contributed by atoms with Gasteiger partial charge in [-0.3, -0.25) is 0 Å². The van der Waals surface area contributed by atoms with Crippen LogP contribution in [0.15, 0.2) is 23.4 Å². The molecule has 1 fully saturated rings. The smallest absolute Gasteiger partial charge is 0.317 e. The van der Waals surface area contributed by atoms with Crippen LogP contribution < -0.4 is 10.1 Å². The Hall–Kier alpha value is -2.24. The van der Waals surface area contributed by atoms with Crippen molar-refractivity contribution in [1.29, 1.82) is 0 Å². The van der Waals surface area contributed by atoms with Gasteiger partial charge in [-0.1, -0.05) is 11.2 Å². The third kappa shape index (κ3) is 3.20. The molecule has 0 spiro atoms. The fraction of sp³-hybridized carbons (Fsp3) is 0.429. The number of ether oxygens (including phenoxy) is 1. The first-order valence-electron chi connectivity index (χ1n) is 6.57. The summed E-state index contributed by atoms with van der Waals surface area (Å²) in [5, 5.41) is 14.8. The third-order valence-corrected chi connectivity index (χ3v) is 3.24. The zero-order valence-corrected chi connectivity index (χ0v) is 11.7. The minimum Gasteiger partial charge on any atom is -0.491 e. The lowest BCUT2D eigenvalue weighted by atomic mass is 10.1. The van der Waals surface area contributed by atoms with Crippen molar-refractivity contribution in [3.05, 3.63) is 29.3 Å². The van der Waals surface area contributed by atoms with E-state index in [2.05, 4.69) is 10.5 Å². The molecule has 1 aliphatic rings. The summed E-state index contributed by atoms with van der Waals surface area (Å²) >= 11 is 0. The Labute approximate surface area is 118 Å². The Morgan fingerprint density at radius 2 is 2.35 bits per heavy atom. The molecule has 6 nitrogen and oxygen atoms in total. The molecule has 0 atom stereocenters. The number of oxime groups is 1. The van der Waals surface area contributed by atoms with E-state index in [1.807, 2.05) is 25.1 Å². The number of hydrogen-bond acceptors (Lipinski definition) is 4. The summed E-state index contributed by atoms with van der Waals surface area (Å²) in [6.07, 6.45) is 0. The van der Waals surface area contributed by atoms with E-state index < -0.39 is 0 Å². The van der Waals surface area contributed by atoms with E-state index in [4.69, 9.17) is 9.94 Å². The molecule has 0 unspecified atom stereocenters. The predicted octanol–water partition coefficient (Wildman–Crippen LogP) is 1.60. The standard InChI is InChI=1S/C14H19N3O3/c1-10-3-4-12(11(2)16-19)13(9-10)20-8-7-17-6-5-15-14(17)18/h3-4,9,19H,5-8H2,1-2H3,(H,15,18). The first-order valence-corrected chi connectivity index (χ1v) is 6.57. The largest absolute Gasteiger partial charge is 0.491 e. The van der Waals surface area contributed by atoms with Crippen molar-refractivity contribution in [2.45, 2.75) is 13.8 Å². The maximum Gasteiger partial charge on any atom is 0.317 e. The molecule has 0 radical (unpaired) electrons. The van der Waals surface area contributed by atoms with E-state index >= 15 is 0 Å². The Morgan fingerprint density at radius 1 is 1.55 bits per heavy atom. The highest BCUT2D eigenvalue weighted by molar-refractivity contribution is 6.00. The van der Waals surface area contributed by atoms with Crippen LogP contribution in [-0.4, -0.2) is 48.1 Å². The van der Waals surface area contributed by atoms with Crippen molar-refractivity contribution in [3.8, 4) is 5.75 Å². The number of carbonyl (C=O) groups excluding carboxylic acids is 1. The highest BCUT2D eigenvalue weighted by Gasteiger charge is 2.19. The number of nitrogens with one attached hydrogen (secondary N) is 1. The van der Waals surface area contributed by atoms with Crippen LogP contribution in [0.4, 0.5) is 4.79 Å². The minimum atomic E-state index is -0.0498. The zero-order valence-electron chi connectivity index (χ0n) is 11.7. The van der Waals surface area contributed by atoms with Crippen LogP contribution in [0.3, 0.4) is 0 Å². The number of rotatable bonds is 5. The summed E-state index contributed by atoms with van der Waals surface area (Å²) in [6, 6.07) is 5.65. The molecule has 1 saturated heterocycles. The molecule has 108 valence electrons. The van der Waals surface area contributed by atoms with Crippen LogP contribution in [0.1, 0.15) is 18.1 Å². The molecule has 1 aliphatic heterocycles. The van der Waals surface area contributed by atoms with Crippen LogP contribution in [0.25, 0.3) is 0 Å². The van der Waals surface area contributed by atoms with Crippen molar-refractivity contribution in [1.82, 2.24) is 10.2 Å². The van der Waals surface area contributed by atoms with Gasteiger partial charge in [0.1, 0.15) is 12.4 Å². The summed E-state index contributed by atoms with van der Waals surface area (Å²) in [4.78, 5) is 13.1. The summed E-state index contributed by atoms with van der Waals surface area (Å²) in [6.45, 7) is 6.02. The van der Waals surface area contributed by atoms with Gasteiger partial charge in [0.25, 0.3) is 0 Å². The molecule has 6 heteroatoms.